The lowest BCUT2D eigenvalue weighted by molar-refractivity contribution is 0.208. The molecule has 4 rings (SSSR count). The predicted octanol–water partition coefficient (Wildman–Crippen LogP) is 7.75. The van der Waals surface area contributed by atoms with Gasteiger partial charge in [0.1, 0.15) is 10.4 Å². The molecule has 0 saturated carbocycles. The molecule has 1 heterocycles. The smallest absolute Gasteiger partial charge is 0.142 e. The second-order valence-electron chi connectivity index (χ2n) is 9.36. The molecule has 4 heteroatoms. The predicted molar refractivity (Wildman–Crippen MR) is 143 cm³/mol. The highest BCUT2D eigenvalue weighted by molar-refractivity contribution is 9.10. The van der Waals surface area contributed by atoms with Gasteiger partial charge in [-0.25, -0.2) is 4.98 Å². The van der Waals surface area contributed by atoms with Gasteiger partial charge in [-0.2, -0.15) is 0 Å². The number of unbranched alkanes of at least 4 members (excludes halogenated alkanes) is 1. The molecule has 0 radical (unpaired) electrons. The third kappa shape index (κ3) is 4.97. The van der Waals surface area contributed by atoms with Gasteiger partial charge in [0.25, 0.3) is 0 Å². The van der Waals surface area contributed by atoms with E-state index in [1.165, 1.54) is 59.2 Å². The van der Waals surface area contributed by atoms with Crippen LogP contribution in [-0.4, -0.2) is 21.5 Å². The Hall–Kier alpha value is -1.91. The third-order valence-electron chi connectivity index (χ3n) is 7.25. The van der Waals surface area contributed by atoms with Gasteiger partial charge in [-0.05, 0) is 83.8 Å². The lowest BCUT2D eigenvalue weighted by atomic mass is 9.87. The highest BCUT2D eigenvalue weighted by Crippen LogP contribution is 2.37. The maximum absolute atomic E-state index is 5.15. The van der Waals surface area contributed by atoms with Gasteiger partial charge >= 0.3 is 0 Å². The lowest BCUT2D eigenvalue weighted by Gasteiger charge is -2.33. The summed E-state index contributed by atoms with van der Waals surface area (Å²) in [5.41, 5.74) is 8.46. The molecule has 1 unspecified atom stereocenters. The minimum atomic E-state index is 0.467. The summed E-state index contributed by atoms with van der Waals surface area (Å²) in [5.74, 6) is 1.14. The molecule has 2 aromatic carbocycles. The van der Waals surface area contributed by atoms with Crippen LogP contribution in [0.1, 0.15) is 80.4 Å². The number of hydrogen-bond donors (Lipinski definition) is 0. The van der Waals surface area contributed by atoms with Crippen LogP contribution >= 0.6 is 15.9 Å². The van der Waals surface area contributed by atoms with E-state index in [2.05, 4.69) is 95.7 Å². The summed E-state index contributed by atoms with van der Waals surface area (Å²) in [7, 11) is 2.29. The van der Waals surface area contributed by atoms with Crippen LogP contribution in [0.2, 0.25) is 0 Å². The zero-order valence-corrected chi connectivity index (χ0v) is 22.3. The molecule has 3 aromatic rings. The molecule has 0 saturated heterocycles. The number of halogens is 1. The van der Waals surface area contributed by atoms with Crippen LogP contribution in [0.15, 0.2) is 47.1 Å². The fraction of sp³-hybridized carbons (Fsp3) is 0.483. The van der Waals surface area contributed by atoms with Crippen LogP contribution in [0.5, 0.6) is 0 Å². The molecule has 0 aliphatic heterocycles. The van der Waals surface area contributed by atoms with Crippen LogP contribution in [0.4, 0.5) is 0 Å². The Balaban J connectivity index is 1.74. The van der Waals surface area contributed by atoms with E-state index in [0.29, 0.717) is 6.04 Å². The standard InChI is InChI=1S/C29H38BrN3/c1-5-8-19-33-26(20-32(4)25-18-12-16-23-13-9-10-17-24(23)25)28(30)31-29(33)27-21(6-2)14-11-15-22(27)7-3/h9-11,13-15,17,25H,5-8,12,16,18-20H2,1-4H3. The molecule has 1 aromatic heterocycles. The number of aromatic nitrogens is 2. The highest BCUT2D eigenvalue weighted by Gasteiger charge is 2.27. The Bertz CT molecular complexity index is 1060. The molecule has 0 amide bonds. The van der Waals surface area contributed by atoms with Crippen molar-refractivity contribution < 1.29 is 0 Å². The molecule has 0 fully saturated rings. The Labute approximate surface area is 208 Å². The number of hydrogen-bond acceptors (Lipinski definition) is 2. The number of imidazole rings is 1. The lowest BCUT2D eigenvalue weighted by Crippen LogP contribution is -2.28. The molecule has 3 nitrogen and oxygen atoms in total. The summed E-state index contributed by atoms with van der Waals surface area (Å²) in [6.45, 7) is 8.68. The van der Waals surface area contributed by atoms with Gasteiger partial charge in [0.05, 0.1) is 5.69 Å². The first-order valence-corrected chi connectivity index (χ1v) is 13.5. The summed E-state index contributed by atoms with van der Waals surface area (Å²) >= 11 is 3.88. The molecule has 1 aliphatic carbocycles. The average Bonchev–Trinajstić information content (AvgIpc) is 3.15. The van der Waals surface area contributed by atoms with Crippen molar-refractivity contribution in [2.24, 2.45) is 0 Å². The summed E-state index contributed by atoms with van der Waals surface area (Å²) in [6.07, 6.45) is 8.07. The minimum Gasteiger partial charge on any atom is -0.326 e. The zero-order valence-electron chi connectivity index (χ0n) is 20.7. The van der Waals surface area contributed by atoms with E-state index < -0.39 is 0 Å². The normalized spacial score (nSPS) is 15.8. The van der Waals surface area contributed by atoms with Gasteiger partial charge in [-0.1, -0.05) is 69.7 Å². The van der Waals surface area contributed by atoms with E-state index in [1.54, 1.807) is 0 Å². The fourth-order valence-corrected chi connectivity index (χ4v) is 5.93. The molecular formula is C29H38BrN3. The van der Waals surface area contributed by atoms with Crippen molar-refractivity contribution in [1.82, 2.24) is 14.5 Å². The monoisotopic (exact) mass is 507 g/mol. The highest BCUT2D eigenvalue weighted by atomic mass is 79.9. The largest absolute Gasteiger partial charge is 0.326 e. The van der Waals surface area contributed by atoms with Crippen LogP contribution < -0.4 is 0 Å². The van der Waals surface area contributed by atoms with Gasteiger partial charge in [0, 0.05) is 24.7 Å². The first-order chi connectivity index (χ1) is 16.1. The maximum Gasteiger partial charge on any atom is 0.142 e. The van der Waals surface area contributed by atoms with Gasteiger partial charge in [-0.15, -0.1) is 0 Å². The number of benzene rings is 2. The van der Waals surface area contributed by atoms with E-state index in [1.807, 2.05) is 0 Å². The van der Waals surface area contributed by atoms with Gasteiger partial charge in [0.2, 0.25) is 0 Å². The minimum absolute atomic E-state index is 0.467. The third-order valence-corrected chi connectivity index (χ3v) is 7.89. The Morgan fingerprint density at radius 1 is 1.03 bits per heavy atom. The van der Waals surface area contributed by atoms with E-state index >= 15 is 0 Å². The zero-order chi connectivity index (χ0) is 23.4. The van der Waals surface area contributed by atoms with Crippen molar-refractivity contribution in [2.75, 3.05) is 7.05 Å². The first-order valence-electron chi connectivity index (χ1n) is 12.7. The van der Waals surface area contributed by atoms with Crippen molar-refractivity contribution in [3.8, 4) is 11.4 Å². The fourth-order valence-electron chi connectivity index (χ4n) is 5.42. The molecule has 176 valence electrons. The van der Waals surface area contributed by atoms with Crippen LogP contribution in [0, 0.1) is 0 Å². The van der Waals surface area contributed by atoms with Crippen molar-refractivity contribution in [2.45, 2.75) is 84.8 Å². The van der Waals surface area contributed by atoms with Gasteiger partial charge < -0.3 is 4.57 Å². The van der Waals surface area contributed by atoms with Crippen molar-refractivity contribution in [3.05, 3.63) is 75.0 Å². The number of rotatable bonds is 9. The summed E-state index contributed by atoms with van der Waals surface area (Å²) in [4.78, 5) is 7.69. The number of aryl methyl sites for hydroxylation is 3. The van der Waals surface area contributed by atoms with Crippen molar-refractivity contribution >= 4 is 15.9 Å². The maximum atomic E-state index is 5.15. The quantitative estimate of drug-likeness (QED) is 0.295. The van der Waals surface area contributed by atoms with E-state index in [4.69, 9.17) is 4.98 Å². The van der Waals surface area contributed by atoms with Crippen LogP contribution in [0.25, 0.3) is 11.4 Å². The second-order valence-corrected chi connectivity index (χ2v) is 10.1. The first kappa shape index (κ1) is 24.2. The number of fused-ring (bicyclic) bond motifs is 1. The average molecular weight is 509 g/mol. The van der Waals surface area contributed by atoms with Gasteiger partial charge in [0.15, 0.2) is 0 Å². The summed E-state index contributed by atoms with van der Waals surface area (Å²) < 4.78 is 3.50. The van der Waals surface area contributed by atoms with Crippen molar-refractivity contribution in [3.63, 3.8) is 0 Å². The van der Waals surface area contributed by atoms with Gasteiger partial charge in [-0.3, -0.25) is 4.90 Å². The molecule has 33 heavy (non-hydrogen) atoms. The SMILES string of the molecule is CCCCn1c(-c2c(CC)cccc2CC)nc(Br)c1CN(C)C1CCCc2ccccc21. The molecule has 0 N–H and O–H groups in total. The van der Waals surface area contributed by atoms with E-state index in [-0.39, 0.29) is 0 Å². The second kappa shape index (κ2) is 11.0. The van der Waals surface area contributed by atoms with E-state index in [9.17, 15) is 0 Å². The number of nitrogens with zero attached hydrogens (tertiary/aromatic N) is 3. The molecule has 1 atom stereocenters. The topological polar surface area (TPSA) is 21.1 Å². The molecular weight excluding hydrogens is 470 g/mol. The van der Waals surface area contributed by atoms with Crippen molar-refractivity contribution in [1.29, 1.82) is 0 Å². The Kier molecular flexibility index (Phi) is 8.08. The van der Waals surface area contributed by atoms with Crippen LogP contribution in [-0.2, 0) is 32.4 Å². The van der Waals surface area contributed by atoms with Crippen LogP contribution in [0.3, 0.4) is 0 Å². The Morgan fingerprint density at radius 2 is 1.76 bits per heavy atom. The van der Waals surface area contributed by atoms with E-state index in [0.717, 1.165) is 42.8 Å². The molecule has 0 spiro atoms. The molecule has 1 aliphatic rings. The Morgan fingerprint density at radius 3 is 2.45 bits per heavy atom. The molecule has 0 bridgehead atoms. The summed E-state index contributed by atoms with van der Waals surface area (Å²) in [5, 5.41) is 0. The summed E-state index contributed by atoms with van der Waals surface area (Å²) in [6, 6.07) is 16.2.